The number of rotatable bonds is 7. The molecule has 1 aromatic carbocycles. The number of benzene rings is 1. The van der Waals surface area contributed by atoms with Gasteiger partial charge in [0.05, 0.1) is 12.1 Å². The third kappa shape index (κ3) is 7.93. The van der Waals surface area contributed by atoms with Crippen molar-refractivity contribution in [2.45, 2.75) is 54.4 Å². The molecule has 0 unspecified atom stereocenters. The maximum atomic E-state index is 12.4. The van der Waals surface area contributed by atoms with E-state index in [4.69, 9.17) is 9.72 Å². The summed E-state index contributed by atoms with van der Waals surface area (Å²) >= 11 is 0. The first-order valence-electron chi connectivity index (χ1n) is 13.2. The summed E-state index contributed by atoms with van der Waals surface area (Å²) < 4.78 is 7.13. The molecule has 0 aliphatic carbocycles. The minimum atomic E-state index is -0.128. The van der Waals surface area contributed by atoms with Crippen molar-refractivity contribution in [2.75, 3.05) is 36.5 Å². The van der Waals surface area contributed by atoms with Crippen molar-refractivity contribution in [3.8, 4) is 5.75 Å². The number of carbonyl (C=O) groups is 1. The van der Waals surface area contributed by atoms with Crippen molar-refractivity contribution in [3.05, 3.63) is 46.4 Å². The molecule has 1 aliphatic rings. The number of aromatic nitrogens is 3. The van der Waals surface area contributed by atoms with E-state index in [1.807, 2.05) is 59.0 Å². The van der Waals surface area contributed by atoms with Gasteiger partial charge in [-0.1, -0.05) is 20.8 Å². The van der Waals surface area contributed by atoms with Crippen LogP contribution in [0.3, 0.4) is 0 Å². The van der Waals surface area contributed by atoms with Gasteiger partial charge in [0, 0.05) is 49.5 Å². The number of nitrogens with zero attached hydrogens (tertiary/aromatic N) is 4. The quantitative estimate of drug-likeness (QED) is 0.441. The molecule has 0 atom stereocenters. The highest BCUT2D eigenvalue weighted by molar-refractivity contribution is 5.85. The predicted molar refractivity (Wildman–Crippen MR) is 152 cm³/mol. The summed E-state index contributed by atoms with van der Waals surface area (Å²) in [6, 6.07) is 7.73. The average Bonchev–Trinajstić information content (AvgIpc) is 2.91. The first kappa shape index (κ1) is 29.6. The number of pyridine rings is 1. The summed E-state index contributed by atoms with van der Waals surface area (Å²) in [5, 5.41) is 6.80. The first-order chi connectivity index (χ1) is 17.9. The van der Waals surface area contributed by atoms with Gasteiger partial charge in [0.2, 0.25) is 12.4 Å². The fourth-order valence-electron chi connectivity index (χ4n) is 3.93. The van der Waals surface area contributed by atoms with E-state index in [-0.39, 0.29) is 5.56 Å². The number of amides is 1. The highest BCUT2D eigenvalue weighted by Crippen LogP contribution is 2.26. The Labute approximate surface area is 220 Å². The van der Waals surface area contributed by atoms with Gasteiger partial charge in [-0.15, -0.1) is 0 Å². The molecule has 2 N–H and O–H groups in total. The molecule has 9 nitrogen and oxygen atoms in total. The highest BCUT2D eigenvalue weighted by Gasteiger charge is 2.19. The molecule has 0 bridgehead atoms. The number of fused-ring (bicyclic) bond motifs is 1. The van der Waals surface area contributed by atoms with E-state index in [0.717, 1.165) is 59.5 Å². The molecule has 1 saturated heterocycles. The Hall–Kier alpha value is -3.62. The standard InChI is InChI=1S/C23H29N5O2.C3H7NO.C2H6/c1-5-30-20-13-17-12-18(6-7-19(17)27(4)22(20)29)25-21-16(3)14-24-23(26-21)28-10-8-15(2)9-11-28;1-2-4-3-5;1-2/h6-7,12-15H,5,8-11H2,1-4H3,(H,24,25,26);3H,2H2,1H3,(H,4,5);1-2H3. The van der Waals surface area contributed by atoms with Crippen molar-refractivity contribution >= 4 is 34.8 Å². The Morgan fingerprint density at radius 1 is 1.16 bits per heavy atom. The summed E-state index contributed by atoms with van der Waals surface area (Å²) in [5.41, 5.74) is 2.62. The third-order valence-corrected chi connectivity index (χ3v) is 6.07. The van der Waals surface area contributed by atoms with Gasteiger partial charge in [0.1, 0.15) is 5.82 Å². The van der Waals surface area contributed by atoms with Crippen LogP contribution in [0.4, 0.5) is 17.5 Å². The summed E-state index contributed by atoms with van der Waals surface area (Å²) in [6.45, 7) is 15.2. The zero-order valence-corrected chi connectivity index (χ0v) is 23.3. The largest absolute Gasteiger partial charge is 0.488 e. The zero-order chi connectivity index (χ0) is 27.4. The second kappa shape index (κ2) is 14.8. The number of ether oxygens (including phenoxy) is 1. The lowest BCUT2D eigenvalue weighted by molar-refractivity contribution is -0.109. The van der Waals surface area contributed by atoms with Crippen molar-refractivity contribution < 1.29 is 9.53 Å². The van der Waals surface area contributed by atoms with Crippen molar-refractivity contribution in [1.29, 1.82) is 0 Å². The van der Waals surface area contributed by atoms with Crippen LogP contribution in [-0.2, 0) is 11.8 Å². The number of hydrogen-bond donors (Lipinski definition) is 2. The highest BCUT2D eigenvalue weighted by atomic mass is 16.5. The average molecular weight is 511 g/mol. The van der Waals surface area contributed by atoms with E-state index in [9.17, 15) is 9.59 Å². The SMILES string of the molecule is CC.CCNC=O.CCOc1cc2cc(Nc3nc(N4CCC(C)CC4)ncc3C)ccc2n(C)c1=O. The Morgan fingerprint density at radius 3 is 2.46 bits per heavy atom. The topological polar surface area (TPSA) is 101 Å². The van der Waals surface area contributed by atoms with Crippen LogP contribution in [0.15, 0.2) is 35.3 Å². The smallest absolute Gasteiger partial charge is 0.293 e. The Bertz CT molecular complexity index is 1200. The van der Waals surface area contributed by atoms with Crippen LogP contribution >= 0.6 is 0 Å². The van der Waals surface area contributed by atoms with Crippen molar-refractivity contribution in [3.63, 3.8) is 0 Å². The lowest BCUT2D eigenvalue weighted by atomic mass is 10.00. The van der Waals surface area contributed by atoms with Crippen LogP contribution in [0, 0.1) is 12.8 Å². The lowest BCUT2D eigenvalue weighted by Crippen LogP contribution is -2.34. The van der Waals surface area contributed by atoms with Gasteiger partial charge in [-0.2, -0.15) is 4.98 Å². The molecule has 3 heterocycles. The Kier molecular flexibility index (Phi) is 11.9. The molecule has 0 saturated carbocycles. The molecule has 37 heavy (non-hydrogen) atoms. The van der Waals surface area contributed by atoms with Gasteiger partial charge in [-0.25, -0.2) is 4.98 Å². The fourth-order valence-corrected chi connectivity index (χ4v) is 3.93. The second-order valence-corrected chi connectivity index (χ2v) is 8.75. The third-order valence-electron chi connectivity index (χ3n) is 6.07. The van der Waals surface area contributed by atoms with Crippen LogP contribution in [0.2, 0.25) is 0 Å². The lowest BCUT2D eigenvalue weighted by Gasteiger charge is -2.30. The molecule has 1 fully saturated rings. The van der Waals surface area contributed by atoms with Gasteiger partial charge in [0.25, 0.3) is 5.56 Å². The predicted octanol–water partition coefficient (Wildman–Crippen LogP) is 4.79. The Morgan fingerprint density at radius 2 is 1.86 bits per heavy atom. The molecule has 1 amide bonds. The van der Waals surface area contributed by atoms with Crippen molar-refractivity contribution in [1.82, 2.24) is 19.9 Å². The van der Waals surface area contributed by atoms with Gasteiger partial charge < -0.3 is 24.8 Å². The molecule has 9 heteroatoms. The van der Waals surface area contributed by atoms with E-state index in [1.165, 1.54) is 12.8 Å². The summed E-state index contributed by atoms with van der Waals surface area (Å²) in [6.07, 6.45) is 4.90. The van der Waals surface area contributed by atoms with Gasteiger partial charge >= 0.3 is 0 Å². The zero-order valence-electron chi connectivity index (χ0n) is 23.3. The molecule has 2 aromatic heterocycles. The molecular weight excluding hydrogens is 468 g/mol. The summed E-state index contributed by atoms with van der Waals surface area (Å²) in [7, 11) is 1.76. The molecule has 0 radical (unpaired) electrons. The van der Waals surface area contributed by atoms with E-state index in [0.29, 0.717) is 18.8 Å². The monoisotopic (exact) mass is 510 g/mol. The van der Waals surface area contributed by atoms with Crippen LogP contribution in [-0.4, -0.2) is 47.2 Å². The molecule has 3 aromatic rings. The minimum Gasteiger partial charge on any atom is -0.488 e. The second-order valence-electron chi connectivity index (χ2n) is 8.75. The molecule has 1 aliphatic heterocycles. The van der Waals surface area contributed by atoms with E-state index < -0.39 is 0 Å². The normalized spacial score (nSPS) is 13.1. The first-order valence-corrected chi connectivity index (χ1v) is 13.2. The van der Waals surface area contributed by atoms with E-state index in [1.54, 1.807) is 17.7 Å². The number of hydrogen-bond acceptors (Lipinski definition) is 7. The van der Waals surface area contributed by atoms with Crippen LogP contribution in [0.25, 0.3) is 10.9 Å². The number of anilines is 3. The van der Waals surface area contributed by atoms with Crippen LogP contribution in [0.5, 0.6) is 5.75 Å². The molecule has 0 spiro atoms. The maximum absolute atomic E-state index is 12.4. The van der Waals surface area contributed by atoms with Crippen molar-refractivity contribution in [2.24, 2.45) is 13.0 Å². The molecular formula is C28H42N6O3. The number of carbonyl (C=O) groups excluding carboxylic acids is 1. The minimum absolute atomic E-state index is 0.128. The Balaban J connectivity index is 0.000000617. The van der Waals surface area contributed by atoms with Gasteiger partial charge in [0.15, 0.2) is 5.75 Å². The van der Waals surface area contributed by atoms with E-state index >= 15 is 0 Å². The van der Waals surface area contributed by atoms with Crippen LogP contribution in [0.1, 0.15) is 53.0 Å². The van der Waals surface area contributed by atoms with Crippen LogP contribution < -0.4 is 25.8 Å². The fraction of sp³-hybridized carbons (Fsp3) is 0.500. The van der Waals surface area contributed by atoms with Gasteiger partial charge in [-0.3, -0.25) is 9.59 Å². The summed E-state index contributed by atoms with van der Waals surface area (Å²) in [5.74, 6) is 2.70. The molecule has 4 rings (SSSR count). The summed E-state index contributed by atoms with van der Waals surface area (Å²) in [4.78, 5) is 33.3. The number of aryl methyl sites for hydroxylation is 2. The van der Waals surface area contributed by atoms with Gasteiger partial charge in [-0.05, 0) is 63.8 Å². The maximum Gasteiger partial charge on any atom is 0.293 e. The number of piperidine rings is 1. The van der Waals surface area contributed by atoms with E-state index in [2.05, 4.69) is 27.4 Å². The molecule has 202 valence electrons. The number of nitrogens with one attached hydrogen (secondary N) is 2.